The van der Waals surface area contributed by atoms with E-state index in [0.717, 1.165) is 18.0 Å². The number of thiazole rings is 1. The Bertz CT molecular complexity index is 1210. The van der Waals surface area contributed by atoms with Gasteiger partial charge in [0.25, 0.3) is 11.8 Å². The van der Waals surface area contributed by atoms with Crippen LogP contribution in [-0.2, 0) is 9.53 Å². The zero-order valence-corrected chi connectivity index (χ0v) is 18.5. The zero-order valence-electron chi connectivity index (χ0n) is 17.7. The van der Waals surface area contributed by atoms with Crippen LogP contribution in [0.4, 0.5) is 9.52 Å². The molecule has 0 bridgehead atoms. The summed E-state index contributed by atoms with van der Waals surface area (Å²) in [5, 5.41) is 0.408. The van der Waals surface area contributed by atoms with Gasteiger partial charge >= 0.3 is 0 Å². The minimum Gasteiger partial charge on any atom is -0.379 e. The minimum atomic E-state index is -0.483. The van der Waals surface area contributed by atoms with Crippen LogP contribution in [0.2, 0.25) is 0 Å². The molecule has 8 nitrogen and oxygen atoms in total. The quantitative estimate of drug-likeness (QED) is 0.517. The number of hydrogen-bond donors (Lipinski definition) is 0. The van der Waals surface area contributed by atoms with Crippen LogP contribution in [0.25, 0.3) is 10.2 Å². The molecule has 0 radical (unpaired) electrons. The molecule has 33 heavy (non-hydrogen) atoms. The standard InChI is InChI=1S/C23H21FN4O4S/c24-15-5-6-18-19(13-15)33-23(25-18)27(8-7-26-9-11-32-12-10-26)20(29)14-28-21(30)16-3-1-2-4-17(16)22(28)31/h1-6,13H,7-12,14H2. The van der Waals surface area contributed by atoms with Crippen LogP contribution in [0.5, 0.6) is 0 Å². The molecule has 0 saturated carbocycles. The number of carbonyl (C=O) groups is 3. The maximum atomic E-state index is 13.7. The van der Waals surface area contributed by atoms with Crippen molar-refractivity contribution < 1.29 is 23.5 Å². The smallest absolute Gasteiger partial charge is 0.262 e. The topological polar surface area (TPSA) is 83.1 Å². The maximum absolute atomic E-state index is 13.7. The predicted octanol–water partition coefficient (Wildman–Crippen LogP) is 2.40. The summed E-state index contributed by atoms with van der Waals surface area (Å²) in [6.07, 6.45) is 0. The van der Waals surface area contributed by atoms with Crippen molar-refractivity contribution in [3.63, 3.8) is 0 Å². The summed E-state index contributed by atoms with van der Waals surface area (Å²) in [7, 11) is 0. The van der Waals surface area contributed by atoms with Crippen molar-refractivity contribution in [3.8, 4) is 0 Å². The van der Waals surface area contributed by atoms with Gasteiger partial charge in [0.1, 0.15) is 12.4 Å². The summed E-state index contributed by atoms with van der Waals surface area (Å²) in [5.41, 5.74) is 1.18. The van der Waals surface area contributed by atoms with Crippen molar-refractivity contribution in [2.45, 2.75) is 0 Å². The summed E-state index contributed by atoms with van der Waals surface area (Å²) in [5.74, 6) is -1.76. The summed E-state index contributed by atoms with van der Waals surface area (Å²) in [4.78, 5) is 48.0. The van der Waals surface area contributed by atoms with Crippen LogP contribution in [0.3, 0.4) is 0 Å². The Kier molecular flexibility index (Phi) is 5.88. The fraction of sp³-hybridized carbons (Fsp3) is 0.304. The molecule has 0 N–H and O–H groups in total. The molecule has 3 amide bonds. The second-order valence-electron chi connectivity index (χ2n) is 7.85. The molecule has 2 aliphatic heterocycles. The Morgan fingerprint density at radius 3 is 2.48 bits per heavy atom. The number of imide groups is 1. The van der Waals surface area contributed by atoms with Gasteiger partial charge in [-0.15, -0.1) is 0 Å². The molecular formula is C23H21FN4O4S. The normalized spacial score (nSPS) is 16.5. The zero-order chi connectivity index (χ0) is 22.9. The van der Waals surface area contributed by atoms with Crippen molar-refractivity contribution in [1.29, 1.82) is 0 Å². The van der Waals surface area contributed by atoms with Gasteiger partial charge in [0.05, 0.1) is 34.6 Å². The van der Waals surface area contributed by atoms with E-state index in [0.29, 0.717) is 52.8 Å². The Morgan fingerprint density at radius 2 is 1.79 bits per heavy atom. The van der Waals surface area contributed by atoms with Crippen molar-refractivity contribution in [3.05, 3.63) is 59.4 Å². The lowest BCUT2D eigenvalue weighted by Gasteiger charge is -2.29. The van der Waals surface area contributed by atoms with E-state index in [9.17, 15) is 18.8 Å². The van der Waals surface area contributed by atoms with Gasteiger partial charge < -0.3 is 4.74 Å². The molecule has 0 spiro atoms. The van der Waals surface area contributed by atoms with Gasteiger partial charge in [0.15, 0.2) is 5.13 Å². The monoisotopic (exact) mass is 468 g/mol. The third-order valence-electron chi connectivity index (χ3n) is 5.79. The van der Waals surface area contributed by atoms with Crippen LogP contribution in [0, 0.1) is 5.82 Å². The molecule has 1 fully saturated rings. The highest BCUT2D eigenvalue weighted by Crippen LogP contribution is 2.30. The molecule has 3 aromatic rings. The average Bonchev–Trinajstić information content (AvgIpc) is 3.34. The van der Waals surface area contributed by atoms with E-state index in [2.05, 4.69) is 9.88 Å². The highest BCUT2D eigenvalue weighted by molar-refractivity contribution is 7.22. The summed E-state index contributed by atoms with van der Waals surface area (Å²) < 4.78 is 19.7. The van der Waals surface area contributed by atoms with Gasteiger partial charge in [0, 0.05) is 26.2 Å². The van der Waals surface area contributed by atoms with Crippen molar-refractivity contribution >= 4 is 44.4 Å². The molecule has 1 saturated heterocycles. The van der Waals surface area contributed by atoms with Crippen molar-refractivity contribution in [2.75, 3.05) is 50.8 Å². The largest absolute Gasteiger partial charge is 0.379 e. The number of anilines is 1. The molecule has 170 valence electrons. The third kappa shape index (κ3) is 4.24. The van der Waals surface area contributed by atoms with Crippen LogP contribution >= 0.6 is 11.3 Å². The lowest BCUT2D eigenvalue weighted by atomic mass is 10.1. The molecule has 3 heterocycles. The Morgan fingerprint density at radius 1 is 1.09 bits per heavy atom. The van der Waals surface area contributed by atoms with Gasteiger partial charge in [0.2, 0.25) is 5.91 Å². The number of hydrogen-bond acceptors (Lipinski definition) is 7. The number of carbonyl (C=O) groups excluding carboxylic acids is 3. The van der Waals surface area contributed by atoms with Crippen LogP contribution in [-0.4, -0.2) is 78.4 Å². The van der Waals surface area contributed by atoms with E-state index >= 15 is 0 Å². The Labute approximate surface area is 193 Å². The number of halogens is 1. The number of morpholine rings is 1. The minimum absolute atomic E-state index is 0.297. The number of benzene rings is 2. The van der Waals surface area contributed by atoms with Crippen molar-refractivity contribution in [2.24, 2.45) is 0 Å². The SMILES string of the molecule is O=C1c2ccccc2C(=O)N1CC(=O)N(CCN1CCOCC1)c1nc2ccc(F)cc2s1. The van der Waals surface area contributed by atoms with Gasteiger partial charge in [-0.3, -0.25) is 29.1 Å². The Balaban J connectivity index is 1.40. The molecular weight excluding hydrogens is 447 g/mol. The van der Waals surface area contributed by atoms with E-state index in [1.165, 1.54) is 28.4 Å². The van der Waals surface area contributed by atoms with Crippen LogP contribution in [0.15, 0.2) is 42.5 Å². The molecule has 1 aromatic heterocycles. The van der Waals surface area contributed by atoms with E-state index in [1.807, 2.05) is 0 Å². The second kappa shape index (κ2) is 8.97. The van der Waals surface area contributed by atoms with Crippen LogP contribution < -0.4 is 4.90 Å². The Hall–Kier alpha value is -3.21. The van der Waals surface area contributed by atoms with E-state index < -0.39 is 17.7 Å². The van der Waals surface area contributed by atoms with E-state index in [-0.39, 0.29) is 12.4 Å². The number of rotatable bonds is 6. The number of ether oxygens (including phenoxy) is 1. The van der Waals surface area contributed by atoms with Gasteiger partial charge in [-0.2, -0.15) is 0 Å². The molecule has 0 aliphatic carbocycles. The van der Waals surface area contributed by atoms with Gasteiger partial charge in [-0.25, -0.2) is 9.37 Å². The summed E-state index contributed by atoms with van der Waals surface area (Å²) >= 11 is 1.20. The molecule has 5 rings (SSSR count). The fourth-order valence-electron chi connectivity index (χ4n) is 4.00. The number of fused-ring (bicyclic) bond motifs is 2. The number of aromatic nitrogens is 1. The third-order valence-corrected chi connectivity index (χ3v) is 6.83. The molecule has 2 aromatic carbocycles. The lowest BCUT2D eigenvalue weighted by molar-refractivity contribution is -0.119. The summed E-state index contributed by atoms with van der Waals surface area (Å²) in [6, 6.07) is 10.8. The first-order valence-electron chi connectivity index (χ1n) is 10.6. The highest BCUT2D eigenvalue weighted by Gasteiger charge is 2.37. The van der Waals surface area contributed by atoms with Gasteiger partial charge in [-0.05, 0) is 30.3 Å². The average molecular weight is 469 g/mol. The predicted molar refractivity (Wildman–Crippen MR) is 121 cm³/mol. The summed E-state index contributed by atoms with van der Waals surface area (Å²) in [6.45, 7) is 3.29. The highest BCUT2D eigenvalue weighted by atomic mass is 32.1. The second-order valence-corrected chi connectivity index (χ2v) is 8.86. The van der Waals surface area contributed by atoms with Gasteiger partial charge in [-0.1, -0.05) is 23.5 Å². The molecule has 10 heteroatoms. The lowest BCUT2D eigenvalue weighted by Crippen LogP contribution is -2.47. The molecule has 0 atom stereocenters. The maximum Gasteiger partial charge on any atom is 0.262 e. The number of amides is 3. The van der Waals surface area contributed by atoms with E-state index in [4.69, 9.17) is 4.74 Å². The van der Waals surface area contributed by atoms with Crippen molar-refractivity contribution in [1.82, 2.24) is 14.8 Å². The van der Waals surface area contributed by atoms with E-state index in [1.54, 1.807) is 30.3 Å². The first kappa shape index (κ1) is 21.6. The molecule has 0 unspecified atom stereocenters. The number of nitrogens with zero attached hydrogens (tertiary/aromatic N) is 4. The molecule has 2 aliphatic rings. The first-order valence-corrected chi connectivity index (χ1v) is 11.4. The fourth-order valence-corrected chi connectivity index (χ4v) is 5.03. The van der Waals surface area contributed by atoms with Crippen LogP contribution in [0.1, 0.15) is 20.7 Å². The first-order chi connectivity index (χ1) is 16.0.